The lowest BCUT2D eigenvalue weighted by molar-refractivity contribution is 0.606. The zero-order chi connectivity index (χ0) is 14.7. The fourth-order valence-electron chi connectivity index (χ4n) is 2.19. The van der Waals surface area contributed by atoms with E-state index in [1.807, 2.05) is 25.1 Å². The van der Waals surface area contributed by atoms with Gasteiger partial charge in [0.1, 0.15) is 5.82 Å². The number of halogens is 3. The Morgan fingerprint density at radius 1 is 1.15 bits per heavy atom. The van der Waals surface area contributed by atoms with E-state index in [-0.39, 0.29) is 11.9 Å². The molecular weight excluding hydrogens is 296 g/mol. The third-order valence-corrected chi connectivity index (χ3v) is 3.76. The van der Waals surface area contributed by atoms with Crippen molar-refractivity contribution >= 4 is 23.2 Å². The topological polar surface area (TPSA) is 12.0 Å². The fraction of sp³-hybridized carbons (Fsp3) is 0.250. The molecule has 0 heterocycles. The predicted molar refractivity (Wildman–Crippen MR) is 83.1 cm³/mol. The summed E-state index contributed by atoms with van der Waals surface area (Å²) in [6.07, 6.45) is 0. The van der Waals surface area contributed by atoms with Crippen molar-refractivity contribution in [2.24, 2.45) is 0 Å². The maximum absolute atomic E-state index is 13.4. The minimum absolute atomic E-state index is 0.0796. The van der Waals surface area contributed by atoms with Gasteiger partial charge in [0, 0.05) is 10.0 Å². The first kappa shape index (κ1) is 15.3. The molecule has 20 heavy (non-hydrogen) atoms. The summed E-state index contributed by atoms with van der Waals surface area (Å²) in [7, 11) is 0. The first-order valence-electron chi connectivity index (χ1n) is 6.47. The Morgan fingerprint density at radius 3 is 2.50 bits per heavy atom. The van der Waals surface area contributed by atoms with Gasteiger partial charge in [-0.25, -0.2) is 4.39 Å². The van der Waals surface area contributed by atoms with E-state index in [0.717, 1.165) is 17.7 Å². The highest BCUT2D eigenvalue weighted by atomic mass is 35.5. The van der Waals surface area contributed by atoms with Crippen LogP contribution in [0.15, 0.2) is 36.4 Å². The van der Waals surface area contributed by atoms with Crippen LogP contribution in [0.3, 0.4) is 0 Å². The Morgan fingerprint density at radius 2 is 1.90 bits per heavy atom. The molecule has 0 spiro atoms. The van der Waals surface area contributed by atoms with Gasteiger partial charge in [0.2, 0.25) is 0 Å². The second kappa shape index (κ2) is 6.57. The molecule has 1 atom stereocenters. The van der Waals surface area contributed by atoms with Gasteiger partial charge in [-0.3, -0.25) is 0 Å². The number of aryl methyl sites for hydroxylation is 1. The Labute approximate surface area is 128 Å². The van der Waals surface area contributed by atoms with Crippen LogP contribution in [0.4, 0.5) is 4.39 Å². The number of rotatable bonds is 4. The molecule has 106 valence electrons. The standard InChI is InChI=1S/C16H16Cl2FN/c1-3-20-16(11-4-7-15(19)10(2)8-11)13-6-5-12(17)9-14(13)18/h4-9,16,20H,3H2,1-2H3. The average molecular weight is 312 g/mol. The van der Waals surface area contributed by atoms with E-state index in [4.69, 9.17) is 23.2 Å². The Bertz CT molecular complexity index is 613. The molecule has 0 saturated carbocycles. The summed E-state index contributed by atoms with van der Waals surface area (Å²) in [5.74, 6) is -0.203. The van der Waals surface area contributed by atoms with Crippen molar-refractivity contribution in [2.45, 2.75) is 19.9 Å². The first-order chi connectivity index (χ1) is 9.52. The number of benzene rings is 2. The molecule has 0 aliphatic carbocycles. The lowest BCUT2D eigenvalue weighted by Gasteiger charge is -2.21. The highest BCUT2D eigenvalue weighted by molar-refractivity contribution is 6.35. The zero-order valence-corrected chi connectivity index (χ0v) is 12.9. The van der Waals surface area contributed by atoms with Gasteiger partial charge in [-0.1, -0.05) is 48.3 Å². The van der Waals surface area contributed by atoms with Crippen molar-refractivity contribution in [1.82, 2.24) is 5.32 Å². The van der Waals surface area contributed by atoms with Crippen LogP contribution in [0.2, 0.25) is 10.0 Å². The minimum atomic E-state index is -0.203. The summed E-state index contributed by atoms with van der Waals surface area (Å²) in [5.41, 5.74) is 2.54. The van der Waals surface area contributed by atoms with Gasteiger partial charge in [0.15, 0.2) is 0 Å². The smallest absolute Gasteiger partial charge is 0.126 e. The Kier molecular flexibility index (Phi) is 5.03. The lowest BCUT2D eigenvalue weighted by atomic mass is 9.97. The van der Waals surface area contributed by atoms with Crippen molar-refractivity contribution in [1.29, 1.82) is 0 Å². The molecule has 0 aliphatic heterocycles. The Balaban J connectivity index is 2.47. The number of hydrogen-bond donors (Lipinski definition) is 1. The summed E-state index contributed by atoms with van der Waals surface area (Å²) >= 11 is 12.2. The molecule has 1 nitrogen and oxygen atoms in total. The fourth-order valence-corrected chi connectivity index (χ4v) is 2.71. The van der Waals surface area contributed by atoms with Crippen LogP contribution in [0.25, 0.3) is 0 Å². The summed E-state index contributed by atoms with van der Waals surface area (Å²) in [6.45, 7) is 4.55. The number of hydrogen-bond acceptors (Lipinski definition) is 1. The van der Waals surface area contributed by atoms with Gasteiger partial charge in [0.25, 0.3) is 0 Å². The molecule has 2 aromatic rings. The molecule has 2 rings (SSSR count). The second-order valence-electron chi connectivity index (χ2n) is 4.67. The van der Waals surface area contributed by atoms with Gasteiger partial charge in [-0.15, -0.1) is 0 Å². The van der Waals surface area contributed by atoms with Crippen molar-refractivity contribution in [3.8, 4) is 0 Å². The molecule has 4 heteroatoms. The SMILES string of the molecule is CCNC(c1ccc(F)c(C)c1)c1ccc(Cl)cc1Cl. The lowest BCUT2D eigenvalue weighted by Crippen LogP contribution is -2.22. The van der Waals surface area contributed by atoms with Crippen LogP contribution >= 0.6 is 23.2 Å². The van der Waals surface area contributed by atoms with Gasteiger partial charge in [-0.05, 0) is 48.4 Å². The molecule has 1 unspecified atom stereocenters. The summed E-state index contributed by atoms with van der Waals surface area (Å²) < 4.78 is 13.4. The van der Waals surface area contributed by atoms with Gasteiger partial charge >= 0.3 is 0 Å². The van der Waals surface area contributed by atoms with E-state index in [2.05, 4.69) is 5.32 Å². The van der Waals surface area contributed by atoms with E-state index in [1.165, 1.54) is 6.07 Å². The molecule has 0 fully saturated rings. The number of nitrogens with one attached hydrogen (secondary N) is 1. The van der Waals surface area contributed by atoms with Crippen LogP contribution in [0, 0.1) is 12.7 Å². The summed E-state index contributed by atoms with van der Waals surface area (Å²) in [6, 6.07) is 10.5. The third-order valence-electron chi connectivity index (χ3n) is 3.20. The van der Waals surface area contributed by atoms with Gasteiger partial charge in [-0.2, -0.15) is 0 Å². The maximum atomic E-state index is 13.4. The molecule has 0 saturated heterocycles. The van der Waals surface area contributed by atoms with Crippen molar-refractivity contribution in [3.63, 3.8) is 0 Å². The van der Waals surface area contributed by atoms with Crippen LogP contribution in [-0.2, 0) is 0 Å². The van der Waals surface area contributed by atoms with Crippen molar-refractivity contribution < 1.29 is 4.39 Å². The van der Waals surface area contributed by atoms with Crippen molar-refractivity contribution in [3.05, 3.63) is 69.0 Å². The zero-order valence-electron chi connectivity index (χ0n) is 11.4. The van der Waals surface area contributed by atoms with Gasteiger partial charge in [0.05, 0.1) is 6.04 Å². The van der Waals surface area contributed by atoms with E-state index >= 15 is 0 Å². The van der Waals surface area contributed by atoms with Crippen LogP contribution in [0.1, 0.15) is 29.7 Å². The largest absolute Gasteiger partial charge is 0.306 e. The van der Waals surface area contributed by atoms with E-state index < -0.39 is 0 Å². The highest BCUT2D eigenvalue weighted by Gasteiger charge is 2.17. The molecule has 0 radical (unpaired) electrons. The monoisotopic (exact) mass is 311 g/mol. The van der Waals surface area contributed by atoms with Crippen molar-refractivity contribution in [2.75, 3.05) is 6.54 Å². The molecule has 1 N–H and O–H groups in total. The molecule has 2 aromatic carbocycles. The molecule has 0 amide bonds. The minimum Gasteiger partial charge on any atom is -0.306 e. The summed E-state index contributed by atoms with van der Waals surface area (Å²) in [5, 5.41) is 4.58. The molecule has 0 aliphatic rings. The van der Waals surface area contributed by atoms with Gasteiger partial charge < -0.3 is 5.32 Å². The normalized spacial score (nSPS) is 12.4. The average Bonchev–Trinajstić information content (AvgIpc) is 2.40. The molecular formula is C16H16Cl2FN. The highest BCUT2D eigenvalue weighted by Crippen LogP contribution is 2.31. The van der Waals surface area contributed by atoms with E-state index in [0.29, 0.717) is 15.6 Å². The predicted octanol–water partition coefficient (Wildman–Crippen LogP) is 5.14. The molecule has 0 bridgehead atoms. The van der Waals surface area contributed by atoms with Crippen LogP contribution in [-0.4, -0.2) is 6.54 Å². The van der Waals surface area contributed by atoms with Crippen LogP contribution < -0.4 is 5.32 Å². The van der Waals surface area contributed by atoms with Crippen LogP contribution in [0.5, 0.6) is 0 Å². The van der Waals surface area contributed by atoms with E-state index in [9.17, 15) is 4.39 Å². The first-order valence-corrected chi connectivity index (χ1v) is 7.23. The van der Waals surface area contributed by atoms with E-state index in [1.54, 1.807) is 19.1 Å². The summed E-state index contributed by atoms with van der Waals surface area (Å²) in [4.78, 5) is 0. The molecule has 0 aromatic heterocycles. The Hall–Kier alpha value is -1.09. The third kappa shape index (κ3) is 3.32. The quantitative estimate of drug-likeness (QED) is 0.824. The second-order valence-corrected chi connectivity index (χ2v) is 5.51. The maximum Gasteiger partial charge on any atom is 0.126 e.